The Kier molecular flexibility index (Phi) is 4.52. The maximum atomic E-state index is 11.0. The average Bonchev–Trinajstić information content (AvgIpc) is 2.61. The van der Waals surface area contributed by atoms with Crippen LogP contribution in [-0.2, 0) is 9.53 Å². The van der Waals surface area contributed by atoms with Gasteiger partial charge >= 0.3 is 5.97 Å². The molecule has 1 aromatic rings. The highest BCUT2D eigenvalue weighted by atomic mass is 32.1. The molecule has 3 nitrogen and oxygen atoms in total. The lowest BCUT2D eigenvalue weighted by molar-refractivity contribution is -0.150. The molecule has 0 bridgehead atoms. The summed E-state index contributed by atoms with van der Waals surface area (Å²) in [6.07, 6.45) is 1.98. The fourth-order valence-electron chi connectivity index (χ4n) is 1.04. The highest BCUT2D eigenvalue weighted by molar-refractivity contribution is 7.12. The fourth-order valence-corrected chi connectivity index (χ4v) is 1.83. The maximum absolute atomic E-state index is 11.0. The number of carbonyl (C=O) groups excluding carboxylic acids is 1. The van der Waals surface area contributed by atoms with E-state index in [2.05, 4.69) is 4.74 Å². The highest BCUT2D eigenvalue weighted by Gasteiger charge is 2.11. The van der Waals surface area contributed by atoms with E-state index in [1.54, 1.807) is 24.3 Å². The number of aliphatic hydroxyl groups is 1. The van der Waals surface area contributed by atoms with Gasteiger partial charge in [-0.2, -0.15) is 0 Å². The highest BCUT2D eigenvalue weighted by Crippen LogP contribution is 2.16. The summed E-state index contributed by atoms with van der Waals surface area (Å²) in [7, 11) is 0. The molecule has 4 heteroatoms. The first kappa shape index (κ1) is 11.9. The molecule has 1 aromatic heterocycles. The van der Waals surface area contributed by atoms with Crippen LogP contribution in [0.1, 0.15) is 16.7 Å². The van der Waals surface area contributed by atoms with Gasteiger partial charge in [0.1, 0.15) is 0 Å². The standard InChI is InChI=1S/C11H14O3S/c1-3-14-11(13)10(12)7-6-9-5-4-8(2)15-9/h4-7,10,12H,3H2,1-2H3/b7-6+. The first-order valence-corrected chi connectivity index (χ1v) is 5.54. The van der Waals surface area contributed by atoms with Crippen LogP contribution in [-0.4, -0.2) is 23.8 Å². The van der Waals surface area contributed by atoms with Crippen molar-refractivity contribution in [3.8, 4) is 0 Å². The monoisotopic (exact) mass is 226 g/mol. The summed E-state index contributed by atoms with van der Waals surface area (Å²) in [6, 6.07) is 3.93. The number of aryl methyl sites for hydroxylation is 1. The van der Waals surface area contributed by atoms with Gasteiger partial charge in [0.15, 0.2) is 6.10 Å². The second-order valence-corrected chi connectivity index (χ2v) is 4.32. The predicted molar refractivity (Wildman–Crippen MR) is 60.7 cm³/mol. The molecule has 0 saturated carbocycles. The van der Waals surface area contributed by atoms with Gasteiger partial charge < -0.3 is 9.84 Å². The molecule has 0 fully saturated rings. The number of hydrogen-bond donors (Lipinski definition) is 1. The summed E-state index contributed by atoms with van der Waals surface area (Å²) in [5.74, 6) is -0.609. The predicted octanol–water partition coefficient (Wildman–Crippen LogP) is 1.99. The SMILES string of the molecule is CCOC(=O)C(O)/C=C/c1ccc(C)s1. The van der Waals surface area contributed by atoms with Gasteiger partial charge in [0.05, 0.1) is 6.61 Å². The summed E-state index contributed by atoms with van der Waals surface area (Å²) in [5.41, 5.74) is 0. The molecule has 15 heavy (non-hydrogen) atoms. The molecule has 82 valence electrons. The lowest BCUT2D eigenvalue weighted by Gasteiger charge is -2.03. The minimum Gasteiger partial charge on any atom is -0.464 e. The summed E-state index contributed by atoms with van der Waals surface area (Å²) in [6.45, 7) is 3.99. The van der Waals surface area contributed by atoms with Gasteiger partial charge in [-0.15, -0.1) is 11.3 Å². The maximum Gasteiger partial charge on any atom is 0.339 e. The fraction of sp³-hybridized carbons (Fsp3) is 0.364. The first-order chi connectivity index (χ1) is 7.13. The van der Waals surface area contributed by atoms with Crippen molar-refractivity contribution >= 4 is 23.4 Å². The number of rotatable bonds is 4. The third-order valence-electron chi connectivity index (χ3n) is 1.73. The van der Waals surface area contributed by atoms with Crippen molar-refractivity contribution in [2.75, 3.05) is 6.61 Å². The second-order valence-electron chi connectivity index (χ2n) is 3.00. The largest absolute Gasteiger partial charge is 0.464 e. The number of esters is 1. The molecule has 1 N–H and O–H groups in total. The molecule has 0 aliphatic rings. The molecule has 0 saturated heterocycles. The molecule has 0 spiro atoms. The van der Waals surface area contributed by atoms with E-state index in [0.29, 0.717) is 0 Å². The third kappa shape index (κ3) is 3.85. The molecule has 0 amide bonds. The minimum absolute atomic E-state index is 0.280. The van der Waals surface area contributed by atoms with Crippen LogP contribution in [0, 0.1) is 6.92 Å². The van der Waals surface area contributed by atoms with Crippen molar-refractivity contribution in [2.45, 2.75) is 20.0 Å². The van der Waals surface area contributed by atoms with Gasteiger partial charge in [-0.3, -0.25) is 0 Å². The van der Waals surface area contributed by atoms with Gasteiger partial charge in [0, 0.05) is 9.75 Å². The lowest BCUT2D eigenvalue weighted by Crippen LogP contribution is -2.20. The molecule has 1 heterocycles. The van der Waals surface area contributed by atoms with E-state index in [9.17, 15) is 9.90 Å². The Morgan fingerprint density at radius 2 is 2.40 bits per heavy atom. The number of hydrogen-bond acceptors (Lipinski definition) is 4. The molecule has 1 unspecified atom stereocenters. The van der Waals surface area contributed by atoms with Crippen molar-refractivity contribution in [3.05, 3.63) is 28.0 Å². The Morgan fingerprint density at radius 1 is 1.67 bits per heavy atom. The number of carbonyl (C=O) groups is 1. The summed E-state index contributed by atoms with van der Waals surface area (Å²) < 4.78 is 4.66. The molecular weight excluding hydrogens is 212 g/mol. The van der Waals surface area contributed by atoms with E-state index >= 15 is 0 Å². The first-order valence-electron chi connectivity index (χ1n) is 4.73. The zero-order chi connectivity index (χ0) is 11.3. The molecule has 0 radical (unpaired) electrons. The van der Waals surface area contributed by atoms with Crippen molar-refractivity contribution in [1.82, 2.24) is 0 Å². The van der Waals surface area contributed by atoms with Crippen molar-refractivity contribution < 1.29 is 14.6 Å². The van der Waals surface area contributed by atoms with Crippen molar-refractivity contribution in [3.63, 3.8) is 0 Å². The molecule has 0 aliphatic heterocycles. The van der Waals surface area contributed by atoms with E-state index < -0.39 is 12.1 Å². The molecule has 0 aliphatic carbocycles. The lowest BCUT2D eigenvalue weighted by atomic mass is 10.3. The third-order valence-corrected chi connectivity index (χ3v) is 2.70. The number of ether oxygens (including phenoxy) is 1. The van der Waals surface area contributed by atoms with Crippen LogP contribution in [0.5, 0.6) is 0 Å². The molecule has 1 rings (SSSR count). The van der Waals surface area contributed by atoms with E-state index in [-0.39, 0.29) is 6.61 Å². The molecular formula is C11H14O3S. The van der Waals surface area contributed by atoms with Crippen molar-refractivity contribution in [1.29, 1.82) is 0 Å². The minimum atomic E-state index is -1.17. The average molecular weight is 226 g/mol. The Morgan fingerprint density at radius 3 is 2.93 bits per heavy atom. The topological polar surface area (TPSA) is 46.5 Å². The second kappa shape index (κ2) is 5.68. The summed E-state index contributed by atoms with van der Waals surface area (Å²) in [4.78, 5) is 13.3. The van der Waals surface area contributed by atoms with E-state index in [0.717, 1.165) is 4.88 Å². The summed E-state index contributed by atoms with van der Waals surface area (Å²) >= 11 is 1.60. The van der Waals surface area contributed by atoms with Gasteiger partial charge in [0.2, 0.25) is 0 Å². The van der Waals surface area contributed by atoms with E-state index in [1.165, 1.54) is 11.0 Å². The Bertz CT molecular complexity index is 354. The van der Waals surface area contributed by atoms with E-state index in [1.807, 2.05) is 19.1 Å². The van der Waals surface area contributed by atoms with Crippen LogP contribution >= 0.6 is 11.3 Å². The van der Waals surface area contributed by atoms with Crippen LogP contribution in [0.25, 0.3) is 6.08 Å². The number of aliphatic hydroxyl groups excluding tert-OH is 1. The van der Waals surface area contributed by atoms with Crippen LogP contribution in [0.4, 0.5) is 0 Å². The van der Waals surface area contributed by atoms with Crippen LogP contribution < -0.4 is 0 Å². The van der Waals surface area contributed by atoms with Crippen LogP contribution in [0.3, 0.4) is 0 Å². The molecule has 1 atom stereocenters. The molecule has 0 aromatic carbocycles. The van der Waals surface area contributed by atoms with Gasteiger partial charge in [-0.05, 0) is 38.1 Å². The zero-order valence-corrected chi connectivity index (χ0v) is 9.58. The van der Waals surface area contributed by atoms with Gasteiger partial charge in [-0.25, -0.2) is 4.79 Å². The quantitative estimate of drug-likeness (QED) is 0.799. The Labute approximate surface area is 93.0 Å². The van der Waals surface area contributed by atoms with Crippen molar-refractivity contribution in [2.24, 2.45) is 0 Å². The van der Waals surface area contributed by atoms with Crippen LogP contribution in [0.15, 0.2) is 18.2 Å². The number of thiophene rings is 1. The van der Waals surface area contributed by atoms with E-state index in [4.69, 9.17) is 0 Å². The van der Waals surface area contributed by atoms with Crippen LogP contribution in [0.2, 0.25) is 0 Å². The smallest absolute Gasteiger partial charge is 0.339 e. The van der Waals surface area contributed by atoms with Gasteiger partial charge in [-0.1, -0.05) is 0 Å². The Hall–Kier alpha value is -1.13. The van der Waals surface area contributed by atoms with Gasteiger partial charge in [0.25, 0.3) is 0 Å². The Balaban J connectivity index is 2.54. The zero-order valence-electron chi connectivity index (χ0n) is 8.77. The normalized spacial score (nSPS) is 13.0. The summed E-state index contributed by atoms with van der Waals surface area (Å²) in [5, 5.41) is 9.36.